The van der Waals surface area contributed by atoms with Crippen LogP contribution in [0.2, 0.25) is 5.02 Å². The van der Waals surface area contributed by atoms with E-state index >= 15 is 0 Å². The molecule has 1 aliphatic rings. The molecule has 1 heterocycles. The average molecular weight is 412 g/mol. The summed E-state index contributed by atoms with van der Waals surface area (Å²) < 4.78 is 0. The third kappa shape index (κ3) is 5.03. The van der Waals surface area contributed by atoms with E-state index in [9.17, 15) is 14.4 Å². The molecule has 0 aromatic heterocycles. The second-order valence-corrected chi connectivity index (χ2v) is 7.17. The van der Waals surface area contributed by atoms with Gasteiger partial charge in [-0.1, -0.05) is 23.7 Å². The molecule has 2 aromatic carbocycles. The van der Waals surface area contributed by atoms with Gasteiger partial charge >= 0.3 is 0 Å². The predicted octanol–water partition coefficient (Wildman–Crippen LogP) is 3.50. The first kappa shape index (κ1) is 20.6. The first-order chi connectivity index (χ1) is 14.0. The molecule has 2 N–H and O–H groups in total. The Morgan fingerprint density at radius 3 is 2.59 bits per heavy atom. The molecule has 3 amide bonds. The van der Waals surface area contributed by atoms with E-state index in [1.807, 2.05) is 0 Å². The van der Waals surface area contributed by atoms with E-state index in [-0.39, 0.29) is 17.7 Å². The van der Waals surface area contributed by atoms with Gasteiger partial charge in [0.05, 0.1) is 0 Å². The van der Waals surface area contributed by atoms with Crippen molar-refractivity contribution in [3.05, 3.63) is 77.3 Å². The zero-order valence-corrected chi connectivity index (χ0v) is 16.6. The molecule has 1 unspecified atom stereocenters. The number of nitrogens with one attached hydrogen (secondary N) is 2. The lowest BCUT2D eigenvalue weighted by atomic mass is 10.1. The minimum atomic E-state index is -0.468. The topological polar surface area (TPSA) is 78.5 Å². The highest BCUT2D eigenvalue weighted by Gasteiger charge is 2.34. The molecule has 29 heavy (non-hydrogen) atoms. The number of halogens is 1. The Bertz CT molecular complexity index is 927. The zero-order chi connectivity index (χ0) is 20.8. The first-order valence-corrected chi connectivity index (χ1v) is 9.74. The van der Waals surface area contributed by atoms with E-state index in [0.29, 0.717) is 41.3 Å². The molecule has 0 aliphatic carbocycles. The summed E-state index contributed by atoms with van der Waals surface area (Å²) in [7, 11) is 0. The van der Waals surface area contributed by atoms with Gasteiger partial charge in [-0.3, -0.25) is 14.4 Å². The van der Waals surface area contributed by atoms with Crippen LogP contribution < -0.4 is 10.6 Å². The van der Waals surface area contributed by atoms with Crippen LogP contribution in [0.3, 0.4) is 0 Å². The Labute approximate surface area is 174 Å². The fraction of sp³-hybridized carbons (Fsp3) is 0.227. The second-order valence-electron chi connectivity index (χ2n) is 6.73. The third-order valence-corrected chi connectivity index (χ3v) is 4.95. The van der Waals surface area contributed by atoms with Gasteiger partial charge in [-0.05, 0) is 55.3 Å². The number of benzene rings is 2. The zero-order valence-electron chi connectivity index (χ0n) is 15.9. The van der Waals surface area contributed by atoms with Gasteiger partial charge in [0, 0.05) is 34.9 Å². The lowest BCUT2D eigenvalue weighted by Gasteiger charge is -2.24. The van der Waals surface area contributed by atoms with Crippen molar-refractivity contribution in [2.45, 2.75) is 18.9 Å². The van der Waals surface area contributed by atoms with E-state index in [1.165, 1.54) is 0 Å². The van der Waals surface area contributed by atoms with E-state index < -0.39 is 6.04 Å². The Morgan fingerprint density at radius 1 is 1.14 bits per heavy atom. The Kier molecular flexibility index (Phi) is 6.67. The largest absolute Gasteiger partial charge is 0.351 e. The summed E-state index contributed by atoms with van der Waals surface area (Å²) in [4.78, 5) is 39.0. The van der Waals surface area contributed by atoms with Gasteiger partial charge in [0.1, 0.15) is 6.04 Å². The SMILES string of the molecule is C=CCNC(=O)C1CCCN1C(=O)c1ccc(NC(=O)c2cccc(Cl)c2)cc1. The van der Waals surface area contributed by atoms with Crippen LogP contribution in [-0.2, 0) is 4.79 Å². The van der Waals surface area contributed by atoms with Gasteiger partial charge in [-0.25, -0.2) is 0 Å². The van der Waals surface area contributed by atoms with Crippen LogP contribution in [0, 0.1) is 0 Å². The van der Waals surface area contributed by atoms with Crippen molar-refractivity contribution >= 4 is 35.0 Å². The molecule has 0 radical (unpaired) electrons. The quantitative estimate of drug-likeness (QED) is 0.714. The Morgan fingerprint density at radius 2 is 1.90 bits per heavy atom. The van der Waals surface area contributed by atoms with Gasteiger partial charge in [0.25, 0.3) is 11.8 Å². The summed E-state index contributed by atoms with van der Waals surface area (Å²) in [5, 5.41) is 6.01. The minimum Gasteiger partial charge on any atom is -0.351 e. The number of hydrogen-bond acceptors (Lipinski definition) is 3. The number of likely N-dealkylation sites (tertiary alicyclic amines) is 1. The van der Waals surface area contributed by atoms with Crippen LogP contribution in [0.1, 0.15) is 33.6 Å². The van der Waals surface area contributed by atoms with Crippen LogP contribution in [0.25, 0.3) is 0 Å². The summed E-state index contributed by atoms with van der Waals surface area (Å²) >= 11 is 5.92. The summed E-state index contributed by atoms with van der Waals surface area (Å²) in [6.07, 6.45) is 3.03. The number of rotatable bonds is 6. The smallest absolute Gasteiger partial charge is 0.255 e. The highest BCUT2D eigenvalue weighted by molar-refractivity contribution is 6.31. The lowest BCUT2D eigenvalue weighted by Crippen LogP contribution is -2.46. The molecule has 1 aliphatic heterocycles. The number of anilines is 1. The first-order valence-electron chi connectivity index (χ1n) is 9.36. The molecule has 1 atom stereocenters. The molecule has 0 saturated carbocycles. The van der Waals surface area contributed by atoms with E-state index in [1.54, 1.807) is 59.5 Å². The lowest BCUT2D eigenvalue weighted by molar-refractivity contribution is -0.124. The normalized spacial score (nSPS) is 15.6. The van der Waals surface area contributed by atoms with E-state index in [2.05, 4.69) is 17.2 Å². The number of hydrogen-bond donors (Lipinski definition) is 2. The summed E-state index contributed by atoms with van der Waals surface area (Å²) in [6.45, 7) is 4.49. The van der Waals surface area contributed by atoms with Gasteiger partial charge in [0.15, 0.2) is 0 Å². The maximum Gasteiger partial charge on any atom is 0.255 e. The molecule has 6 nitrogen and oxygen atoms in total. The fourth-order valence-corrected chi connectivity index (χ4v) is 3.46. The Hall–Kier alpha value is -3.12. The van der Waals surface area contributed by atoms with Crippen LogP contribution in [0.4, 0.5) is 5.69 Å². The highest BCUT2D eigenvalue weighted by Crippen LogP contribution is 2.21. The van der Waals surface area contributed by atoms with Crippen molar-refractivity contribution < 1.29 is 14.4 Å². The maximum atomic E-state index is 12.9. The molecule has 1 saturated heterocycles. The Balaban J connectivity index is 1.66. The van der Waals surface area contributed by atoms with Crippen molar-refractivity contribution in [1.29, 1.82) is 0 Å². The van der Waals surface area contributed by atoms with Crippen LogP contribution in [0.5, 0.6) is 0 Å². The van der Waals surface area contributed by atoms with Crippen molar-refractivity contribution in [1.82, 2.24) is 10.2 Å². The molecular weight excluding hydrogens is 390 g/mol. The van der Waals surface area contributed by atoms with Crippen LogP contribution in [0.15, 0.2) is 61.2 Å². The minimum absolute atomic E-state index is 0.166. The fourth-order valence-electron chi connectivity index (χ4n) is 3.27. The second kappa shape index (κ2) is 9.39. The van der Waals surface area contributed by atoms with Crippen molar-refractivity contribution in [3.63, 3.8) is 0 Å². The van der Waals surface area contributed by atoms with Crippen molar-refractivity contribution in [3.8, 4) is 0 Å². The van der Waals surface area contributed by atoms with Crippen LogP contribution in [-0.4, -0.2) is 41.8 Å². The summed E-state index contributed by atoms with van der Waals surface area (Å²) in [6, 6.07) is 12.8. The third-order valence-electron chi connectivity index (χ3n) is 4.71. The molecule has 150 valence electrons. The van der Waals surface area contributed by atoms with Gasteiger partial charge in [0.2, 0.25) is 5.91 Å². The number of nitrogens with zero attached hydrogens (tertiary/aromatic N) is 1. The van der Waals surface area contributed by atoms with Gasteiger partial charge < -0.3 is 15.5 Å². The molecule has 7 heteroatoms. The molecule has 0 bridgehead atoms. The van der Waals surface area contributed by atoms with Gasteiger partial charge in [-0.15, -0.1) is 6.58 Å². The van der Waals surface area contributed by atoms with Crippen LogP contribution >= 0.6 is 11.6 Å². The molecule has 3 rings (SSSR count). The van der Waals surface area contributed by atoms with E-state index in [4.69, 9.17) is 11.6 Å². The average Bonchev–Trinajstić information content (AvgIpc) is 3.22. The predicted molar refractivity (Wildman–Crippen MR) is 113 cm³/mol. The molecule has 2 aromatic rings. The molecule has 0 spiro atoms. The summed E-state index contributed by atoms with van der Waals surface area (Å²) in [5.41, 5.74) is 1.48. The molecular formula is C22H22ClN3O3. The van der Waals surface area contributed by atoms with Crippen molar-refractivity contribution in [2.24, 2.45) is 0 Å². The number of carbonyl (C=O) groups is 3. The highest BCUT2D eigenvalue weighted by atomic mass is 35.5. The number of carbonyl (C=O) groups excluding carboxylic acids is 3. The maximum absolute atomic E-state index is 12.9. The summed E-state index contributed by atoms with van der Waals surface area (Å²) in [5.74, 6) is -0.653. The van der Waals surface area contributed by atoms with E-state index in [0.717, 1.165) is 6.42 Å². The standard InChI is InChI=1S/C22H22ClN3O3/c1-2-12-24-21(28)19-7-4-13-26(19)22(29)15-8-10-18(11-9-15)25-20(27)16-5-3-6-17(23)14-16/h2-3,5-6,8-11,14,19H,1,4,7,12-13H2,(H,24,28)(H,25,27). The monoisotopic (exact) mass is 411 g/mol. The van der Waals surface area contributed by atoms with Crippen molar-refractivity contribution in [2.75, 3.05) is 18.4 Å². The van der Waals surface area contributed by atoms with Gasteiger partial charge in [-0.2, -0.15) is 0 Å². The number of amides is 3. The molecule has 1 fully saturated rings.